The normalized spacial score (nSPS) is 17.1. The van der Waals surface area contributed by atoms with Gasteiger partial charge in [-0.05, 0) is 32.0 Å². The van der Waals surface area contributed by atoms with Gasteiger partial charge in [0.25, 0.3) is 0 Å². The summed E-state index contributed by atoms with van der Waals surface area (Å²) >= 11 is 0. The highest BCUT2D eigenvalue weighted by Crippen LogP contribution is 2.36. The lowest BCUT2D eigenvalue weighted by atomic mass is 9.98. The highest BCUT2D eigenvalue weighted by atomic mass is 19.4. The molecule has 1 saturated heterocycles. The van der Waals surface area contributed by atoms with E-state index >= 15 is 0 Å². The van der Waals surface area contributed by atoms with E-state index in [1.54, 1.807) is 0 Å². The van der Waals surface area contributed by atoms with Crippen molar-refractivity contribution in [1.82, 2.24) is 15.5 Å². The van der Waals surface area contributed by atoms with Gasteiger partial charge in [0, 0.05) is 11.5 Å². The Morgan fingerprint density at radius 2 is 1.86 bits per heavy atom. The number of nitrogens with one attached hydrogen (secondary N) is 1. The smallest absolute Gasteiger partial charge is 0.339 e. The van der Waals surface area contributed by atoms with Crippen LogP contribution in [0.4, 0.5) is 13.2 Å². The van der Waals surface area contributed by atoms with E-state index in [-0.39, 0.29) is 17.3 Å². The molecule has 0 atom stereocenters. The highest BCUT2D eigenvalue weighted by molar-refractivity contribution is 5.60. The third-order valence-corrected chi connectivity index (χ3v) is 3.60. The Morgan fingerprint density at radius 3 is 2.57 bits per heavy atom. The molecule has 0 spiro atoms. The van der Waals surface area contributed by atoms with Gasteiger partial charge in [-0.3, -0.25) is 0 Å². The van der Waals surface area contributed by atoms with E-state index in [2.05, 4.69) is 15.5 Å². The van der Waals surface area contributed by atoms with E-state index in [9.17, 15) is 13.2 Å². The monoisotopic (exact) mass is 297 g/mol. The summed E-state index contributed by atoms with van der Waals surface area (Å²) in [7, 11) is 0. The highest BCUT2D eigenvalue weighted by Gasteiger charge is 2.34. The molecule has 1 aliphatic rings. The molecule has 112 valence electrons. The lowest BCUT2D eigenvalue weighted by Crippen LogP contribution is -2.26. The molecule has 1 N–H and O–H groups in total. The van der Waals surface area contributed by atoms with Gasteiger partial charge in [0.05, 0.1) is 5.56 Å². The van der Waals surface area contributed by atoms with Crippen molar-refractivity contribution in [3.8, 4) is 11.4 Å². The van der Waals surface area contributed by atoms with Gasteiger partial charge in [-0.25, -0.2) is 0 Å². The van der Waals surface area contributed by atoms with Gasteiger partial charge in [0.1, 0.15) is 0 Å². The van der Waals surface area contributed by atoms with E-state index in [1.807, 2.05) is 0 Å². The minimum Gasteiger partial charge on any atom is -0.339 e. The van der Waals surface area contributed by atoms with E-state index < -0.39 is 11.7 Å². The SMILES string of the molecule is FC(F)(F)c1ccccc1-c1noc(C2CCNCC2)n1. The number of rotatable bonds is 2. The maximum absolute atomic E-state index is 13.0. The third kappa shape index (κ3) is 2.92. The van der Waals surface area contributed by atoms with Gasteiger partial charge in [-0.15, -0.1) is 0 Å². The zero-order valence-corrected chi connectivity index (χ0v) is 11.2. The molecular formula is C14H14F3N3O. The second-order valence-electron chi connectivity index (χ2n) is 5.02. The fraction of sp³-hybridized carbons (Fsp3) is 0.429. The molecule has 2 heterocycles. The second kappa shape index (κ2) is 5.48. The summed E-state index contributed by atoms with van der Waals surface area (Å²) in [6.07, 6.45) is -2.74. The molecule has 7 heteroatoms. The van der Waals surface area contributed by atoms with Gasteiger partial charge in [-0.1, -0.05) is 23.4 Å². The van der Waals surface area contributed by atoms with Crippen LogP contribution in [0.25, 0.3) is 11.4 Å². The Morgan fingerprint density at radius 1 is 1.14 bits per heavy atom. The summed E-state index contributed by atoms with van der Waals surface area (Å²) < 4.78 is 44.2. The first-order chi connectivity index (χ1) is 10.1. The van der Waals surface area contributed by atoms with Crippen molar-refractivity contribution in [2.24, 2.45) is 0 Å². The van der Waals surface area contributed by atoms with Crippen molar-refractivity contribution < 1.29 is 17.7 Å². The van der Waals surface area contributed by atoms with Gasteiger partial charge in [0.15, 0.2) is 0 Å². The third-order valence-electron chi connectivity index (χ3n) is 3.60. The fourth-order valence-electron chi connectivity index (χ4n) is 2.50. The van der Waals surface area contributed by atoms with Crippen LogP contribution in [-0.2, 0) is 6.18 Å². The summed E-state index contributed by atoms with van der Waals surface area (Å²) in [4.78, 5) is 4.17. The molecule has 2 aromatic rings. The molecule has 0 bridgehead atoms. The molecule has 0 radical (unpaired) electrons. The van der Waals surface area contributed by atoms with Crippen molar-refractivity contribution >= 4 is 0 Å². The van der Waals surface area contributed by atoms with Gasteiger partial charge >= 0.3 is 6.18 Å². The summed E-state index contributed by atoms with van der Waals surface area (Å²) in [5.41, 5.74) is -0.795. The van der Waals surface area contributed by atoms with Crippen LogP contribution < -0.4 is 5.32 Å². The first-order valence-electron chi connectivity index (χ1n) is 6.76. The van der Waals surface area contributed by atoms with Gasteiger partial charge in [0.2, 0.25) is 11.7 Å². The Labute approximate surface area is 119 Å². The number of aromatic nitrogens is 2. The summed E-state index contributed by atoms with van der Waals surface area (Å²) in [6, 6.07) is 5.26. The molecule has 1 fully saturated rings. The minimum atomic E-state index is -4.44. The average molecular weight is 297 g/mol. The van der Waals surface area contributed by atoms with Gasteiger partial charge < -0.3 is 9.84 Å². The standard InChI is InChI=1S/C14H14F3N3O/c15-14(16,17)11-4-2-1-3-10(11)12-19-13(21-20-12)9-5-7-18-8-6-9/h1-4,9,18H,5-8H2. The molecule has 0 unspecified atom stereocenters. The molecule has 0 aliphatic carbocycles. The number of alkyl halides is 3. The maximum atomic E-state index is 13.0. The van der Waals surface area contributed by atoms with Crippen LogP contribution in [0.15, 0.2) is 28.8 Å². The molecule has 0 amide bonds. The second-order valence-corrected chi connectivity index (χ2v) is 5.02. The number of hydrogen-bond donors (Lipinski definition) is 1. The zero-order chi connectivity index (χ0) is 14.9. The molecule has 1 aromatic heterocycles. The Hall–Kier alpha value is -1.89. The van der Waals surface area contributed by atoms with Crippen LogP contribution in [0.1, 0.15) is 30.2 Å². The molecule has 1 aromatic carbocycles. The van der Waals surface area contributed by atoms with Crippen LogP contribution in [0.2, 0.25) is 0 Å². The first kappa shape index (κ1) is 14.1. The number of piperidine rings is 1. The Balaban J connectivity index is 1.93. The van der Waals surface area contributed by atoms with Crippen molar-refractivity contribution in [3.05, 3.63) is 35.7 Å². The zero-order valence-electron chi connectivity index (χ0n) is 11.2. The van der Waals surface area contributed by atoms with Crippen LogP contribution in [-0.4, -0.2) is 23.2 Å². The minimum absolute atomic E-state index is 0.00328. The number of benzene rings is 1. The molecule has 1 aliphatic heterocycles. The van der Waals surface area contributed by atoms with Crippen LogP contribution >= 0.6 is 0 Å². The quantitative estimate of drug-likeness (QED) is 0.924. The van der Waals surface area contributed by atoms with E-state index in [1.165, 1.54) is 18.2 Å². The van der Waals surface area contributed by atoms with E-state index in [0.29, 0.717) is 5.89 Å². The number of nitrogens with zero attached hydrogens (tertiary/aromatic N) is 2. The molecule has 21 heavy (non-hydrogen) atoms. The van der Waals surface area contributed by atoms with E-state index in [0.717, 1.165) is 32.0 Å². The predicted octanol–water partition coefficient (Wildman–Crippen LogP) is 3.22. The maximum Gasteiger partial charge on any atom is 0.417 e. The average Bonchev–Trinajstić information content (AvgIpc) is 2.97. The van der Waals surface area contributed by atoms with Gasteiger partial charge in [-0.2, -0.15) is 18.2 Å². The Kier molecular flexibility index (Phi) is 3.67. The fourth-order valence-corrected chi connectivity index (χ4v) is 2.50. The Bertz CT molecular complexity index is 618. The number of hydrogen-bond acceptors (Lipinski definition) is 4. The van der Waals surface area contributed by atoms with Crippen molar-refractivity contribution in [2.45, 2.75) is 24.9 Å². The van der Waals surface area contributed by atoms with Crippen LogP contribution in [0.3, 0.4) is 0 Å². The summed E-state index contributed by atoms with van der Waals surface area (Å²) in [5, 5.41) is 6.94. The van der Waals surface area contributed by atoms with Crippen molar-refractivity contribution in [1.29, 1.82) is 0 Å². The topological polar surface area (TPSA) is 51.0 Å². The lowest BCUT2D eigenvalue weighted by molar-refractivity contribution is -0.137. The molecule has 4 nitrogen and oxygen atoms in total. The molecule has 0 saturated carbocycles. The molecule has 3 rings (SSSR count). The summed E-state index contributed by atoms with van der Waals surface area (Å²) in [5.74, 6) is 0.533. The van der Waals surface area contributed by atoms with Crippen molar-refractivity contribution in [3.63, 3.8) is 0 Å². The van der Waals surface area contributed by atoms with E-state index in [4.69, 9.17) is 4.52 Å². The predicted molar refractivity (Wildman–Crippen MR) is 69.6 cm³/mol. The first-order valence-corrected chi connectivity index (χ1v) is 6.76. The summed E-state index contributed by atoms with van der Waals surface area (Å²) in [6.45, 7) is 1.70. The largest absolute Gasteiger partial charge is 0.417 e. The molecular weight excluding hydrogens is 283 g/mol. The van der Waals surface area contributed by atoms with Crippen LogP contribution in [0, 0.1) is 0 Å². The lowest BCUT2D eigenvalue weighted by Gasteiger charge is -2.18. The van der Waals surface area contributed by atoms with Crippen molar-refractivity contribution in [2.75, 3.05) is 13.1 Å². The van der Waals surface area contributed by atoms with Crippen LogP contribution in [0.5, 0.6) is 0 Å². The number of halogens is 3.